The Morgan fingerprint density at radius 3 is 2.46 bits per heavy atom. The zero-order valence-electron chi connectivity index (χ0n) is 21.3. The summed E-state index contributed by atoms with van der Waals surface area (Å²) in [5.41, 5.74) is 11.0. The van der Waals surface area contributed by atoms with Crippen molar-refractivity contribution in [2.75, 3.05) is 5.73 Å². The molecule has 1 fully saturated rings. The van der Waals surface area contributed by atoms with Crippen LogP contribution in [0.15, 0.2) is 49.2 Å². The molecule has 184 valence electrons. The molecule has 0 bridgehead atoms. The lowest BCUT2D eigenvalue weighted by atomic mass is 9.79. The van der Waals surface area contributed by atoms with Crippen molar-refractivity contribution in [2.24, 2.45) is 0 Å². The van der Waals surface area contributed by atoms with Crippen molar-refractivity contribution < 1.29 is 5.11 Å². The molecule has 2 aromatic heterocycles. The van der Waals surface area contributed by atoms with E-state index in [9.17, 15) is 5.11 Å². The van der Waals surface area contributed by atoms with Gasteiger partial charge >= 0.3 is 0 Å². The van der Waals surface area contributed by atoms with Crippen molar-refractivity contribution in [3.63, 3.8) is 0 Å². The van der Waals surface area contributed by atoms with Crippen LogP contribution in [-0.2, 0) is 6.42 Å². The lowest BCUT2D eigenvalue weighted by molar-refractivity contribution is 0.123. The first-order chi connectivity index (χ1) is 16.5. The molecule has 0 radical (unpaired) electrons. The number of aromatic nitrogens is 4. The number of nitrogens with zero attached hydrogens (tertiary/aromatic N) is 4. The molecular weight excluding hydrogens is 436 g/mol. The van der Waals surface area contributed by atoms with Gasteiger partial charge in [-0.15, -0.1) is 5.10 Å². The number of nitrogens with two attached hydrogens (primary N) is 1. The molecule has 1 aromatic carbocycles. The Morgan fingerprint density at radius 2 is 1.86 bits per heavy atom. The highest BCUT2D eigenvalue weighted by atomic mass is 16.3. The van der Waals surface area contributed by atoms with Crippen LogP contribution in [0.3, 0.4) is 0 Å². The third-order valence-electron chi connectivity index (χ3n) is 6.61. The van der Waals surface area contributed by atoms with Gasteiger partial charge in [0.2, 0.25) is 0 Å². The summed E-state index contributed by atoms with van der Waals surface area (Å²) in [7, 11) is 0. The van der Waals surface area contributed by atoms with Crippen molar-refractivity contribution >= 4 is 17.5 Å². The van der Waals surface area contributed by atoms with Gasteiger partial charge in [0, 0.05) is 22.8 Å². The first kappa shape index (κ1) is 24.7. The lowest BCUT2D eigenvalue weighted by Crippen LogP contribution is -2.58. The molecule has 0 amide bonds. The maximum Gasteiger partial charge on any atom is 0.124 e. The third-order valence-corrected chi connectivity index (χ3v) is 6.61. The van der Waals surface area contributed by atoms with E-state index in [4.69, 9.17) is 5.73 Å². The van der Waals surface area contributed by atoms with E-state index in [0.717, 1.165) is 47.4 Å². The summed E-state index contributed by atoms with van der Waals surface area (Å²) >= 11 is 0. The first-order valence-corrected chi connectivity index (χ1v) is 12.1. The Kier molecular flexibility index (Phi) is 6.56. The number of piperidine rings is 1. The fourth-order valence-corrected chi connectivity index (χ4v) is 5.49. The fraction of sp³-hybridized carbons (Fsp3) is 0.393. The molecule has 7 heteroatoms. The molecule has 3 aromatic rings. The van der Waals surface area contributed by atoms with Gasteiger partial charge in [-0.05, 0) is 87.9 Å². The largest absolute Gasteiger partial charge is 0.507 e. The monoisotopic (exact) mass is 472 g/mol. The lowest BCUT2D eigenvalue weighted by Gasteiger charge is -2.46. The number of nitrogens with one attached hydrogen (secondary N) is 1. The van der Waals surface area contributed by atoms with Crippen LogP contribution in [-0.4, -0.2) is 36.2 Å². The van der Waals surface area contributed by atoms with Gasteiger partial charge in [0.15, 0.2) is 0 Å². The van der Waals surface area contributed by atoms with Crippen molar-refractivity contribution in [3.05, 3.63) is 66.1 Å². The van der Waals surface area contributed by atoms with Gasteiger partial charge in [-0.2, -0.15) is 0 Å². The van der Waals surface area contributed by atoms with Crippen LogP contribution in [0, 0.1) is 0 Å². The number of phenolic OH excluding ortho intramolecular Hbond substituents is 1. The average molecular weight is 473 g/mol. The minimum absolute atomic E-state index is 0.0126. The molecule has 4 rings (SSSR count). The van der Waals surface area contributed by atoms with Crippen molar-refractivity contribution in [2.45, 2.75) is 71.0 Å². The van der Waals surface area contributed by atoms with E-state index in [1.165, 1.54) is 0 Å². The maximum absolute atomic E-state index is 10.9. The number of hydrogen-bond donors (Lipinski definition) is 3. The van der Waals surface area contributed by atoms with Crippen LogP contribution in [0.4, 0.5) is 5.82 Å². The molecule has 0 unspecified atom stereocenters. The van der Waals surface area contributed by atoms with Crippen molar-refractivity contribution in [3.8, 4) is 16.9 Å². The number of anilines is 1. The normalized spacial score (nSPS) is 17.9. The molecule has 0 atom stereocenters. The van der Waals surface area contributed by atoms with E-state index >= 15 is 0 Å². The van der Waals surface area contributed by atoms with E-state index in [1.54, 1.807) is 24.4 Å². The van der Waals surface area contributed by atoms with Crippen LogP contribution in [0.1, 0.15) is 70.5 Å². The number of benzene rings is 1. The summed E-state index contributed by atoms with van der Waals surface area (Å²) in [5, 5.41) is 23.7. The number of hydrogen-bond acceptors (Lipinski definition) is 6. The number of phenols is 1. The van der Waals surface area contributed by atoms with E-state index in [0.29, 0.717) is 11.4 Å². The highest BCUT2D eigenvalue weighted by molar-refractivity contribution is 5.89. The summed E-state index contributed by atoms with van der Waals surface area (Å²) in [4.78, 5) is 4.04. The highest BCUT2D eigenvalue weighted by Crippen LogP contribution is 2.37. The number of pyridine rings is 1. The Labute approximate surface area is 207 Å². The Bertz CT molecular complexity index is 1250. The molecular formula is C28H36N6O. The highest BCUT2D eigenvalue weighted by Gasteiger charge is 2.39. The SMILES string of the molecule is C=C/C(=C\c1nnn(C2CC(C)(C)NC(C)(C)C2)c1CC)c1ccc(-c2ccnc(N)c2)cc1O. The summed E-state index contributed by atoms with van der Waals surface area (Å²) < 4.78 is 2.10. The third kappa shape index (κ3) is 5.30. The van der Waals surface area contributed by atoms with Gasteiger partial charge in [-0.1, -0.05) is 36.9 Å². The van der Waals surface area contributed by atoms with Gasteiger partial charge in [-0.3, -0.25) is 0 Å². The molecule has 0 aliphatic carbocycles. The average Bonchev–Trinajstić information content (AvgIpc) is 3.18. The molecule has 7 nitrogen and oxygen atoms in total. The van der Waals surface area contributed by atoms with Gasteiger partial charge < -0.3 is 16.2 Å². The molecule has 3 heterocycles. The van der Waals surface area contributed by atoms with Crippen LogP contribution in [0.2, 0.25) is 0 Å². The van der Waals surface area contributed by atoms with Gasteiger partial charge in [0.1, 0.15) is 17.3 Å². The minimum atomic E-state index is 0.0126. The van der Waals surface area contributed by atoms with Crippen LogP contribution in [0.25, 0.3) is 22.8 Å². The van der Waals surface area contributed by atoms with E-state index < -0.39 is 0 Å². The fourth-order valence-electron chi connectivity index (χ4n) is 5.49. The molecule has 1 aliphatic heterocycles. The predicted octanol–water partition coefficient (Wildman–Crippen LogP) is 5.40. The summed E-state index contributed by atoms with van der Waals surface area (Å²) in [5.74, 6) is 0.602. The summed E-state index contributed by atoms with van der Waals surface area (Å²) in [6.45, 7) is 15.1. The summed E-state index contributed by atoms with van der Waals surface area (Å²) in [6.07, 6.45) is 8.13. The second kappa shape index (κ2) is 9.30. The van der Waals surface area contributed by atoms with E-state index in [2.05, 4.69) is 66.5 Å². The first-order valence-electron chi connectivity index (χ1n) is 12.1. The van der Waals surface area contributed by atoms with Gasteiger partial charge in [0.05, 0.1) is 11.7 Å². The summed E-state index contributed by atoms with van der Waals surface area (Å²) in [6, 6.07) is 9.50. The predicted molar refractivity (Wildman–Crippen MR) is 143 cm³/mol. The second-order valence-electron chi connectivity index (χ2n) is 10.7. The van der Waals surface area contributed by atoms with Crippen LogP contribution >= 0.6 is 0 Å². The standard InChI is InChI=1S/C28H36N6O/c1-7-18(22-10-9-19(14-25(22)35)20-11-12-30-26(29)15-20)13-23-24(8-2)34(33-31-23)21-16-27(3,4)32-28(5,6)17-21/h7,9-15,21,32,35H,1,8,16-17H2,2-6H3,(H2,29,30)/b18-13+. The van der Waals surface area contributed by atoms with Crippen molar-refractivity contribution in [1.29, 1.82) is 0 Å². The smallest absolute Gasteiger partial charge is 0.124 e. The number of aromatic hydroxyl groups is 1. The van der Waals surface area contributed by atoms with Crippen LogP contribution in [0.5, 0.6) is 5.75 Å². The van der Waals surface area contributed by atoms with E-state index in [-0.39, 0.29) is 22.9 Å². The maximum atomic E-state index is 10.9. The zero-order valence-corrected chi connectivity index (χ0v) is 21.3. The van der Waals surface area contributed by atoms with E-state index in [1.807, 2.05) is 24.3 Å². The van der Waals surface area contributed by atoms with Gasteiger partial charge in [0.25, 0.3) is 0 Å². The topological polar surface area (TPSA) is 102 Å². The Morgan fingerprint density at radius 1 is 1.17 bits per heavy atom. The van der Waals surface area contributed by atoms with Crippen molar-refractivity contribution in [1.82, 2.24) is 25.3 Å². The van der Waals surface area contributed by atoms with Crippen LogP contribution < -0.4 is 11.1 Å². The minimum Gasteiger partial charge on any atom is -0.507 e. The number of allylic oxidation sites excluding steroid dienone is 2. The molecule has 35 heavy (non-hydrogen) atoms. The zero-order chi connectivity index (χ0) is 25.4. The quantitative estimate of drug-likeness (QED) is 0.415. The Balaban J connectivity index is 1.68. The second-order valence-corrected chi connectivity index (χ2v) is 10.7. The molecule has 1 saturated heterocycles. The molecule has 4 N–H and O–H groups in total. The molecule has 0 saturated carbocycles. The molecule has 0 spiro atoms. The molecule has 1 aliphatic rings. The Hall–Kier alpha value is -3.45. The number of rotatable bonds is 6. The van der Waals surface area contributed by atoms with Gasteiger partial charge in [-0.25, -0.2) is 9.67 Å². The number of nitrogen functional groups attached to an aromatic ring is 1.